The van der Waals surface area contributed by atoms with Crippen LogP contribution in [0, 0.1) is 11.8 Å². The van der Waals surface area contributed by atoms with Crippen molar-refractivity contribution in [2.45, 2.75) is 51.1 Å². The molecule has 1 aromatic carbocycles. The first-order valence-electron chi connectivity index (χ1n) is 8.38. The molecule has 1 N–H and O–H groups in total. The lowest BCUT2D eigenvalue weighted by molar-refractivity contribution is -0.185. The molecule has 6 heteroatoms. The second-order valence-electron chi connectivity index (χ2n) is 6.74. The van der Waals surface area contributed by atoms with E-state index in [9.17, 15) is 22.8 Å². The van der Waals surface area contributed by atoms with Crippen LogP contribution in [-0.4, -0.2) is 17.9 Å². The Morgan fingerprint density at radius 2 is 1.92 bits per heavy atom. The van der Waals surface area contributed by atoms with Crippen molar-refractivity contribution in [3.05, 3.63) is 29.3 Å². The third kappa shape index (κ3) is 3.62. The first-order chi connectivity index (χ1) is 11.3. The van der Waals surface area contributed by atoms with Crippen LogP contribution in [0.5, 0.6) is 0 Å². The van der Waals surface area contributed by atoms with E-state index in [4.69, 9.17) is 0 Å². The van der Waals surface area contributed by atoms with Crippen molar-refractivity contribution < 1.29 is 22.8 Å². The van der Waals surface area contributed by atoms with Gasteiger partial charge in [0.25, 0.3) is 0 Å². The lowest BCUT2D eigenvalue weighted by Crippen LogP contribution is -2.34. The number of Topliss-reactive ketones (excluding diaryl/α,β-unsaturated/α-hetero) is 1. The van der Waals surface area contributed by atoms with Crippen molar-refractivity contribution in [3.8, 4) is 0 Å². The summed E-state index contributed by atoms with van der Waals surface area (Å²) < 4.78 is 38.6. The molecule has 2 aliphatic rings. The Kier molecular flexibility index (Phi) is 4.65. The number of carbonyl (C=O) groups is 2. The van der Waals surface area contributed by atoms with E-state index >= 15 is 0 Å². The molecule has 1 aromatic rings. The largest absolute Gasteiger partial charge is 0.391 e. The average molecular weight is 339 g/mol. The Morgan fingerprint density at radius 3 is 2.67 bits per heavy atom. The Balaban J connectivity index is 1.69. The van der Waals surface area contributed by atoms with Gasteiger partial charge in [0.15, 0.2) is 5.78 Å². The molecular weight excluding hydrogens is 319 g/mol. The van der Waals surface area contributed by atoms with E-state index in [1.54, 1.807) is 12.1 Å². The summed E-state index contributed by atoms with van der Waals surface area (Å²) in [5, 5.41) is 2.70. The smallest absolute Gasteiger partial charge is 0.326 e. The Morgan fingerprint density at radius 1 is 1.12 bits per heavy atom. The predicted octanol–water partition coefficient (Wildman–Crippen LogP) is 4.51. The number of alkyl halides is 3. The highest BCUT2D eigenvalue weighted by molar-refractivity contribution is 6.00. The van der Waals surface area contributed by atoms with Crippen LogP contribution in [0.4, 0.5) is 18.9 Å². The predicted molar refractivity (Wildman–Crippen MR) is 83.8 cm³/mol. The third-order valence-corrected chi connectivity index (χ3v) is 5.04. The van der Waals surface area contributed by atoms with Gasteiger partial charge >= 0.3 is 6.18 Å². The molecule has 24 heavy (non-hydrogen) atoms. The summed E-state index contributed by atoms with van der Waals surface area (Å²) in [6.45, 7) is 0. The number of rotatable bonds is 2. The highest BCUT2D eigenvalue weighted by Crippen LogP contribution is 2.40. The second-order valence-corrected chi connectivity index (χ2v) is 6.74. The molecule has 0 aliphatic heterocycles. The van der Waals surface area contributed by atoms with Crippen LogP contribution in [0.2, 0.25) is 0 Å². The SMILES string of the molecule is O=C1CCCc2ccc(NC(=O)[C@@H]3CCC[C@@H](C(F)(F)F)C3)cc21. The van der Waals surface area contributed by atoms with Gasteiger partial charge in [-0.2, -0.15) is 13.2 Å². The van der Waals surface area contributed by atoms with Crippen LogP contribution < -0.4 is 5.32 Å². The van der Waals surface area contributed by atoms with Crippen LogP contribution in [0.25, 0.3) is 0 Å². The lowest BCUT2D eigenvalue weighted by atomic mass is 9.80. The first kappa shape index (κ1) is 17.0. The van der Waals surface area contributed by atoms with Crippen molar-refractivity contribution in [2.75, 3.05) is 5.32 Å². The topological polar surface area (TPSA) is 46.2 Å². The Bertz CT molecular complexity index is 654. The highest BCUT2D eigenvalue weighted by atomic mass is 19.4. The van der Waals surface area contributed by atoms with Crippen LogP contribution in [0.3, 0.4) is 0 Å². The molecular formula is C18H20F3NO2. The molecule has 1 fully saturated rings. The third-order valence-electron chi connectivity index (χ3n) is 5.04. The number of halogens is 3. The number of nitrogens with one attached hydrogen (secondary N) is 1. The van der Waals surface area contributed by atoms with Gasteiger partial charge in [-0.05, 0) is 49.8 Å². The maximum Gasteiger partial charge on any atom is 0.391 e. The maximum atomic E-state index is 12.9. The van der Waals surface area contributed by atoms with E-state index in [1.807, 2.05) is 6.07 Å². The van der Waals surface area contributed by atoms with Gasteiger partial charge in [0, 0.05) is 23.6 Å². The summed E-state index contributed by atoms with van der Waals surface area (Å²) >= 11 is 0. The summed E-state index contributed by atoms with van der Waals surface area (Å²) in [6.07, 6.45) is -1.24. The van der Waals surface area contributed by atoms with Gasteiger partial charge in [-0.15, -0.1) is 0 Å². The minimum atomic E-state index is -4.24. The molecule has 2 atom stereocenters. The molecule has 0 heterocycles. The fourth-order valence-corrected chi connectivity index (χ4v) is 3.68. The van der Waals surface area contributed by atoms with Gasteiger partial charge < -0.3 is 5.32 Å². The van der Waals surface area contributed by atoms with Crippen molar-refractivity contribution >= 4 is 17.4 Å². The van der Waals surface area contributed by atoms with Gasteiger partial charge in [0.05, 0.1) is 5.92 Å². The second kappa shape index (κ2) is 6.57. The molecule has 1 saturated carbocycles. The Labute approximate surface area is 138 Å². The zero-order chi connectivity index (χ0) is 17.3. The van der Waals surface area contributed by atoms with Gasteiger partial charge in [0.1, 0.15) is 0 Å². The number of aryl methyl sites for hydroxylation is 1. The molecule has 0 spiro atoms. The monoisotopic (exact) mass is 339 g/mol. The number of fused-ring (bicyclic) bond motifs is 1. The molecule has 0 aromatic heterocycles. The quantitative estimate of drug-likeness (QED) is 0.861. The fraction of sp³-hybridized carbons (Fsp3) is 0.556. The van der Waals surface area contributed by atoms with E-state index in [0.29, 0.717) is 30.5 Å². The van der Waals surface area contributed by atoms with Gasteiger partial charge in [-0.3, -0.25) is 9.59 Å². The van der Waals surface area contributed by atoms with E-state index < -0.39 is 18.0 Å². The zero-order valence-electron chi connectivity index (χ0n) is 13.3. The van der Waals surface area contributed by atoms with Crippen molar-refractivity contribution in [2.24, 2.45) is 11.8 Å². The fourth-order valence-electron chi connectivity index (χ4n) is 3.68. The first-order valence-corrected chi connectivity index (χ1v) is 8.38. The molecule has 0 bridgehead atoms. The van der Waals surface area contributed by atoms with E-state index in [0.717, 1.165) is 18.4 Å². The number of amides is 1. The average Bonchev–Trinajstić information content (AvgIpc) is 2.55. The molecule has 0 radical (unpaired) electrons. The zero-order valence-corrected chi connectivity index (χ0v) is 13.3. The van der Waals surface area contributed by atoms with Crippen molar-refractivity contribution in [1.29, 1.82) is 0 Å². The van der Waals surface area contributed by atoms with Crippen LogP contribution in [0.1, 0.15) is 54.4 Å². The summed E-state index contributed by atoms with van der Waals surface area (Å²) in [4.78, 5) is 24.3. The highest BCUT2D eigenvalue weighted by Gasteiger charge is 2.43. The number of benzene rings is 1. The van der Waals surface area contributed by atoms with Crippen molar-refractivity contribution in [1.82, 2.24) is 0 Å². The molecule has 3 rings (SSSR count). The van der Waals surface area contributed by atoms with Crippen LogP contribution in [-0.2, 0) is 11.2 Å². The number of carbonyl (C=O) groups excluding carboxylic acids is 2. The number of hydrogen-bond acceptors (Lipinski definition) is 2. The van der Waals surface area contributed by atoms with Crippen molar-refractivity contribution in [3.63, 3.8) is 0 Å². The van der Waals surface area contributed by atoms with Crippen LogP contribution in [0.15, 0.2) is 18.2 Å². The summed E-state index contributed by atoms with van der Waals surface area (Å²) in [5.41, 5.74) is 2.08. The molecule has 1 amide bonds. The van der Waals surface area contributed by atoms with Gasteiger partial charge in [0.2, 0.25) is 5.91 Å². The molecule has 2 aliphatic carbocycles. The van der Waals surface area contributed by atoms with E-state index in [2.05, 4.69) is 5.32 Å². The molecule has 0 unspecified atom stereocenters. The van der Waals surface area contributed by atoms with Gasteiger partial charge in [-0.1, -0.05) is 12.5 Å². The summed E-state index contributed by atoms with van der Waals surface area (Å²) in [5.74, 6) is -2.35. The molecule has 130 valence electrons. The van der Waals surface area contributed by atoms with E-state index in [-0.39, 0.29) is 24.5 Å². The van der Waals surface area contributed by atoms with E-state index in [1.165, 1.54) is 0 Å². The molecule has 3 nitrogen and oxygen atoms in total. The normalized spacial score (nSPS) is 24.4. The van der Waals surface area contributed by atoms with Gasteiger partial charge in [-0.25, -0.2) is 0 Å². The number of hydrogen-bond donors (Lipinski definition) is 1. The van der Waals surface area contributed by atoms with Crippen LogP contribution >= 0.6 is 0 Å². The number of anilines is 1. The minimum absolute atomic E-state index is 0.0575. The number of ketones is 1. The summed E-state index contributed by atoms with van der Waals surface area (Å²) in [6, 6.07) is 5.19. The summed E-state index contributed by atoms with van der Waals surface area (Å²) in [7, 11) is 0. The maximum absolute atomic E-state index is 12.9. The Hall–Kier alpha value is -1.85. The molecule has 0 saturated heterocycles. The minimum Gasteiger partial charge on any atom is -0.326 e. The standard InChI is InChI=1S/C18H20F3NO2/c19-18(20,21)13-5-1-4-12(9-13)17(24)22-14-8-7-11-3-2-6-16(23)15(11)10-14/h7-8,10,12-13H,1-6,9H2,(H,22,24)/t12-,13-/m1/s1. The lowest BCUT2D eigenvalue weighted by Gasteiger charge is -2.29.